The van der Waals surface area contributed by atoms with Gasteiger partial charge in [-0.15, -0.1) is 0 Å². The normalized spacial score (nSPS) is 13.3. The molecule has 0 amide bonds. The van der Waals surface area contributed by atoms with Gasteiger partial charge in [0.05, 0.1) is 23.8 Å². The molecule has 0 aromatic carbocycles. The molecule has 0 radical (unpaired) electrons. The Morgan fingerprint density at radius 3 is 2.00 bits per heavy atom. The molecular formula is C30H33ClN12O2. The minimum absolute atomic E-state index is 0.302. The van der Waals surface area contributed by atoms with Crippen molar-refractivity contribution >= 4 is 68.6 Å². The molecule has 15 heteroatoms. The SMILES string of the molecule is CC(=O)O.Clc1nccc(NC2CC2)n1.Nc1cnc2[nH]ccc2c1.c1cc(NC2CC2)nc(Nc2cnc3[nH]ccc3c2)n1. The lowest BCUT2D eigenvalue weighted by Gasteiger charge is -2.07. The number of aromatic nitrogens is 8. The van der Waals surface area contributed by atoms with Crippen LogP contribution in [0.1, 0.15) is 32.6 Å². The summed E-state index contributed by atoms with van der Waals surface area (Å²) >= 11 is 5.59. The third kappa shape index (κ3) is 10.3. The second kappa shape index (κ2) is 14.8. The van der Waals surface area contributed by atoms with Gasteiger partial charge in [-0.2, -0.15) is 4.98 Å². The summed E-state index contributed by atoms with van der Waals surface area (Å²) in [5, 5.41) is 19.6. The van der Waals surface area contributed by atoms with Gasteiger partial charge in [0.25, 0.3) is 5.97 Å². The van der Waals surface area contributed by atoms with Gasteiger partial charge in [-0.3, -0.25) is 4.79 Å². The topological polar surface area (TPSA) is 208 Å². The fourth-order valence-corrected chi connectivity index (χ4v) is 4.03. The number of pyridine rings is 2. The minimum atomic E-state index is -0.833. The van der Waals surface area contributed by atoms with Gasteiger partial charge >= 0.3 is 0 Å². The number of nitrogens with zero attached hydrogens (tertiary/aromatic N) is 6. The minimum Gasteiger partial charge on any atom is -0.481 e. The van der Waals surface area contributed by atoms with Gasteiger partial charge < -0.3 is 36.8 Å². The van der Waals surface area contributed by atoms with Crippen LogP contribution < -0.4 is 21.7 Å². The highest BCUT2D eigenvalue weighted by molar-refractivity contribution is 6.28. The molecule has 0 saturated heterocycles. The molecule has 45 heavy (non-hydrogen) atoms. The number of hydrogen-bond donors (Lipinski definition) is 7. The second-order valence-corrected chi connectivity index (χ2v) is 10.6. The quantitative estimate of drug-likeness (QED) is 0.112. The number of nitrogen functional groups attached to an aromatic ring is 1. The van der Waals surface area contributed by atoms with Gasteiger partial charge in [0.2, 0.25) is 11.2 Å². The summed E-state index contributed by atoms with van der Waals surface area (Å²) in [6, 6.07) is 12.7. The van der Waals surface area contributed by atoms with E-state index >= 15 is 0 Å². The predicted molar refractivity (Wildman–Crippen MR) is 176 cm³/mol. The Labute approximate surface area is 263 Å². The molecule has 2 aliphatic carbocycles. The number of H-pyrrole nitrogens is 2. The first-order valence-corrected chi connectivity index (χ1v) is 14.6. The summed E-state index contributed by atoms with van der Waals surface area (Å²) in [5.74, 6) is 1.43. The van der Waals surface area contributed by atoms with Gasteiger partial charge in [-0.25, -0.2) is 24.9 Å². The monoisotopic (exact) mass is 628 g/mol. The highest BCUT2D eigenvalue weighted by Gasteiger charge is 2.22. The van der Waals surface area contributed by atoms with Crippen molar-refractivity contribution in [3.8, 4) is 0 Å². The van der Waals surface area contributed by atoms with Crippen LogP contribution in [0.25, 0.3) is 22.1 Å². The van der Waals surface area contributed by atoms with E-state index in [4.69, 9.17) is 27.2 Å². The summed E-state index contributed by atoms with van der Waals surface area (Å²) in [5.41, 5.74) is 8.84. The van der Waals surface area contributed by atoms with Crippen molar-refractivity contribution in [3.05, 3.63) is 78.9 Å². The summed E-state index contributed by atoms with van der Waals surface area (Å²) in [7, 11) is 0. The molecule has 8 rings (SSSR count). The van der Waals surface area contributed by atoms with Gasteiger partial charge in [0.1, 0.15) is 22.9 Å². The van der Waals surface area contributed by atoms with Crippen molar-refractivity contribution in [1.82, 2.24) is 39.9 Å². The van der Waals surface area contributed by atoms with Crippen LogP contribution in [0.2, 0.25) is 5.28 Å². The number of nitrogens with two attached hydrogens (primary N) is 1. The van der Waals surface area contributed by atoms with Crippen LogP contribution in [0, 0.1) is 0 Å². The zero-order chi connectivity index (χ0) is 31.6. The molecule has 0 spiro atoms. The Balaban J connectivity index is 0.000000136. The highest BCUT2D eigenvalue weighted by atomic mass is 35.5. The largest absolute Gasteiger partial charge is 0.481 e. The lowest BCUT2D eigenvalue weighted by molar-refractivity contribution is -0.134. The molecule has 0 aliphatic heterocycles. The number of rotatable bonds is 6. The summed E-state index contributed by atoms with van der Waals surface area (Å²) in [4.78, 5) is 39.9. The van der Waals surface area contributed by atoms with E-state index in [9.17, 15) is 0 Å². The first-order chi connectivity index (χ1) is 21.8. The van der Waals surface area contributed by atoms with E-state index in [1.54, 1.807) is 24.8 Å². The number of carboxylic acid groups (broad SMARTS) is 1. The third-order valence-electron chi connectivity index (χ3n) is 6.22. The number of anilines is 5. The zero-order valence-electron chi connectivity index (χ0n) is 24.4. The van der Waals surface area contributed by atoms with Crippen LogP contribution in [-0.2, 0) is 4.79 Å². The maximum atomic E-state index is 9.00. The molecule has 2 fully saturated rings. The first kappa shape index (κ1) is 30.9. The maximum Gasteiger partial charge on any atom is 0.300 e. The Bertz CT molecular complexity index is 1850. The van der Waals surface area contributed by atoms with Crippen molar-refractivity contribution in [3.63, 3.8) is 0 Å². The van der Waals surface area contributed by atoms with Crippen molar-refractivity contribution in [2.75, 3.05) is 21.7 Å². The average molecular weight is 629 g/mol. The van der Waals surface area contributed by atoms with Gasteiger partial charge in [0, 0.05) is 54.6 Å². The number of nitrogens with one attached hydrogen (secondary N) is 5. The fourth-order valence-electron chi connectivity index (χ4n) is 3.88. The molecule has 14 nitrogen and oxygen atoms in total. The molecule has 0 unspecified atom stereocenters. The Morgan fingerprint density at radius 1 is 0.844 bits per heavy atom. The van der Waals surface area contributed by atoms with E-state index in [1.807, 2.05) is 48.8 Å². The van der Waals surface area contributed by atoms with Crippen molar-refractivity contribution < 1.29 is 9.90 Å². The van der Waals surface area contributed by atoms with E-state index in [0.717, 1.165) is 46.3 Å². The first-order valence-electron chi connectivity index (χ1n) is 14.2. The third-order valence-corrected chi connectivity index (χ3v) is 6.40. The molecule has 2 aliphatic rings. The van der Waals surface area contributed by atoms with Crippen molar-refractivity contribution in [1.29, 1.82) is 0 Å². The number of aliphatic carboxylic acids is 1. The predicted octanol–water partition coefficient (Wildman–Crippen LogP) is 5.61. The lowest BCUT2D eigenvalue weighted by Crippen LogP contribution is -2.05. The van der Waals surface area contributed by atoms with Crippen molar-refractivity contribution in [2.45, 2.75) is 44.7 Å². The Morgan fingerprint density at radius 2 is 1.40 bits per heavy atom. The summed E-state index contributed by atoms with van der Waals surface area (Å²) < 4.78 is 0. The van der Waals surface area contributed by atoms with Crippen molar-refractivity contribution in [2.24, 2.45) is 0 Å². The number of carboxylic acids is 1. The van der Waals surface area contributed by atoms with E-state index in [2.05, 4.69) is 55.8 Å². The number of fused-ring (bicyclic) bond motifs is 2. The van der Waals surface area contributed by atoms with Crippen LogP contribution in [0.15, 0.2) is 73.6 Å². The highest BCUT2D eigenvalue weighted by Crippen LogP contribution is 2.25. The van der Waals surface area contributed by atoms with Gasteiger partial charge in [0.15, 0.2) is 0 Å². The van der Waals surface area contributed by atoms with Crippen LogP contribution >= 0.6 is 11.6 Å². The molecular weight excluding hydrogens is 596 g/mol. The molecule has 6 aromatic heterocycles. The number of halogens is 1. The molecule has 6 heterocycles. The number of carbonyl (C=O) groups is 1. The molecule has 232 valence electrons. The Kier molecular flexibility index (Phi) is 10.2. The molecule has 6 aromatic rings. The molecule has 0 bridgehead atoms. The number of hydrogen-bond acceptors (Lipinski definition) is 11. The van der Waals surface area contributed by atoms with Gasteiger partial charge in [-0.1, -0.05) is 0 Å². The lowest BCUT2D eigenvalue weighted by atomic mass is 10.3. The Hall–Kier alpha value is -5.50. The smallest absolute Gasteiger partial charge is 0.300 e. The maximum absolute atomic E-state index is 9.00. The van der Waals surface area contributed by atoms with E-state index in [-0.39, 0.29) is 0 Å². The average Bonchev–Trinajstić information content (AvgIpc) is 3.90. The van der Waals surface area contributed by atoms with Crippen LogP contribution in [-0.4, -0.2) is 63.0 Å². The van der Waals surface area contributed by atoms with Crippen LogP contribution in [0.4, 0.5) is 29.0 Å². The van der Waals surface area contributed by atoms with Crippen LogP contribution in [0.3, 0.4) is 0 Å². The van der Waals surface area contributed by atoms with Crippen LogP contribution in [0.5, 0.6) is 0 Å². The summed E-state index contributed by atoms with van der Waals surface area (Å²) in [6.45, 7) is 1.08. The molecule has 2 saturated carbocycles. The van der Waals surface area contributed by atoms with E-state index in [0.29, 0.717) is 29.0 Å². The fraction of sp³-hybridized carbons (Fsp3) is 0.233. The second-order valence-electron chi connectivity index (χ2n) is 10.3. The standard InChI is InChI=1S/C14H14N6.C7H8ClN3.C7H7N3.C2H4O2/c1-2-10(1)18-12-4-6-16-14(20-12)19-11-7-9-3-5-15-13(9)17-8-11;8-7-9-4-3-6(11-7)10-5-1-2-5;8-6-3-5-1-2-9-7(5)10-4-6;1-2(3)4/h3-8,10H,1-2H2,(H,15,17)(H2,16,18,19,20);3-5H,1-2H2,(H,9,10,11);1-4H,8H2,(H,9,10);1H3,(H,3,4). The van der Waals surface area contributed by atoms with E-state index < -0.39 is 5.97 Å². The van der Waals surface area contributed by atoms with E-state index in [1.165, 1.54) is 25.7 Å². The number of aromatic amines is 2. The zero-order valence-corrected chi connectivity index (χ0v) is 25.2. The summed E-state index contributed by atoms with van der Waals surface area (Å²) in [6.07, 6.45) is 15.4. The molecule has 8 N–H and O–H groups in total. The molecule has 0 atom stereocenters. The van der Waals surface area contributed by atoms with Gasteiger partial charge in [-0.05, 0) is 73.7 Å².